The van der Waals surface area contributed by atoms with Crippen LogP contribution in [0.4, 0.5) is 0 Å². The average Bonchev–Trinajstić information content (AvgIpc) is 2.84. The third-order valence-corrected chi connectivity index (χ3v) is 3.87. The molecule has 0 aliphatic heterocycles. The van der Waals surface area contributed by atoms with Crippen molar-refractivity contribution in [2.75, 3.05) is 0 Å². The Morgan fingerprint density at radius 3 is 2.94 bits per heavy atom. The van der Waals surface area contributed by atoms with Crippen LogP contribution in [0.3, 0.4) is 0 Å². The molecule has 0 aromatic carbocycles. The van der Waals surface area contributed by atoms with Crippen molar-refractivity contribution in [3.63, 3.8) is 0 Å². The summed E-state index contributed by atoms with van der Waals surface area (Å²) in [6.07, 6.45) is 3.95. The van der Waals surface area contributed by atoms with E-state index >= 15 is 0 Å². The third kappa shape index (κ3) is 2.51. The van der Waals surface area contributed by atoms with Gasteiger partial charge in [0, 0.05) is 36.3 Å². The second kappa shape index (κ2) is 4.80. The van der Waals surface area contributed by atoms with E-state index in [0.29, 0.717) is 6.04 Å². The van der Waals surface area contributed by atoms with Crippen LogP contribution >= 0.6 is 11.3 Å². The molecule has 16 heavy (non-hydrogen) atoms. The Kier molecular flexibility index (Phi) is 3.41. The van der Waals surface area contributed by atoms with Gasteiger partial charge in [-0.3, -0.25) is 4.68 Å². The molecule has 4 heteroatoms. The van der Waals surface area contributed by atoms with Crippen molar-refractivity contribution in [3.05, 3.63) is 39.8 Å². The van der Waals surface area contributed by atoms with Gasteiger partial charge in [-0.2, -0.15) is 5.10 Å². The zero-order chi connectivity index (χ0) is 11.5. The monoisotopic (exact) mass is 235 g/mol. The van der Waals surface area contributed by atoms with Gasteiger partial charge in [0.25, 0.3) is 0 Å². The van der Waals surface area contributed by atoms with Gasteiger partial charge in [-0.1, -0.05) is 0 Å². The van der Waals surface area contributed by atoms with Crippen molar-refractivity contribution >= 4 is 11.3 Å². The molecule has 0 aliphatic rings. The minimum Gasteiger partial charge on any atom is -0.305 e. The summed E-state index contributed by atoms with van der Waals surface area (Å²) in [4.78, 5) is 1.42. The predicted octanol–water partition coefficient (Wildman–Crippen LogP) is 2.64. The van der Waals surface area contributed by atoms with E-state index in [0.717, 1.165) is 6.54 Å². The van der Waals surface area contributed by atoms with Gasteiger partial charge in [0.15, 0.2) is 0 Å². The van der Waals surface area contributed by atoms with Gasteiger partial charge in [-0.05, 0) is 30.9 Å². The number of nitrogens with zero attached hydrogens (tertiary/aromatic N) is 2. The van der Waals surface area contributed by atoms with E-state index in [-0.39, 0.29) is 0 Å². The molecular formula is C12H17N3S. The van der Waals surface area contributed by atoms with Gasteiger partial charge in [-0.25, -0.2) is 0 Å². The van der Waals surface area contributed by atoms with Crippen molar-refractivity contribution in [3.8, 4) is 0 Å². The molecule has 1 atom stereocenters. The highest BCUT2D eigenvalue weighted by Gasteiger charge is 2.09. The lowest BCUT2D eigenvalue weighted by Crippen LogP contribution is -2.17. The van der Waals surface area contributed by atoms with Crippen LogP contribution in [-0.4, -0.2) is 9.78 Å². The Hall–Kier alpha value is -1.13. The lowest BCUT2D eigenvalue weighted by molar-refractivity contribution is 0.580. The lowest BCUT2D eigenvalue weighted by atomic mass is 10.2. The summed E-state index contributed by atoms with van der Waals surface area (Å²) in [5.74, 6) is 0. The fourth-order valence-corrected chi connectivity index (χ4v) is 2.72. The molecule has 0 radical (unpaired) electrons. The topological polar surface area (TPSA) is 29.9 Å². The van der Waals surface area contributed by atoms with Crippen LogP contribution in [0.1, 0.15) is 29.0 Å². The zero-order valence-electron chi connectivity index (χ0n) is 9.90. The normalized spacial score (nSPS) is 12.9. The van der Waals surface area contributed by atoms with E-state index < -0.39 is 0 Å². The summed E-state index contributed by atoms with van der Waals surface area (Å²) < 4.78 is 1.83. The van der Waals surface area contributed by atoms with Crippen LogP contribution in [0, 0.1) is 6.92 Å². The van der Waals surface area contributed by atoms with Crippen LogP contribution in [0.15, 0.2) is 23.8 Å². The standard InChI is InChI=1S/C12H17N3S/c1-9-4-5-16-12(9)10(2)13-6-11-7-14-15(3)8-11/h4-5,7-8,10,13H,6H2,1-3H3. The predicted molar refractivity (Wildman–Crippen MR) is 67.5 cm³/mol. The first-order valence-electron chi connectivity index (χ1n) is 5.41. The van der Waals surface area contributed by atoms with E-state index in [4.69, 9.17) is 0 Å². The van der Waals surface area contributed by atoms with Crippen LogP contribution in [0.2, 0.25) is 0 Å². The first-order valence-corrected chi connectivity index (χ1v) is 6.29. The molecule has 86 valence electrons. The average molecular weight is 235 g/mol. The molecule has 2 aromatic heterocycles. The Balaban J connectivity index is 1.93. The summed E-state index contributed by atoms with van der Waals surface area (Å²) in [6, 6.07) is 2.57. The van der Waals surface area contributed by atoms with Gasteiger partial charge in [0.1, 0.15) is 0 Å². The summed E-state index contributed by atoms with van der Waals surface area (Å²) in [5, 5.41) is 9.81. The summed E-state index contributed by atoms with van der Waals surface area (Å²) in [7, 11) is 1.94. The van der Waals surface area contributed by atoms with Gasteiger partial charge in [0.05, 0.1) is 6.20 Å². The number of nitrogens with one attached hydrogen (secondary N) is 1. The van der Waals surface area contributed by atoms with E-state index in [2.05, 4.69) is 35.7 Å². The Labute approximate surface area is 100 Å². The second-order valence-electron chi connectivity index (χ2n) is 4.09. The Morgan fingerprint density at radius 1 is 1.56 bits per heavy atom. The fourth-order valence-electron chi connectivity index (χ4n) is 1.75. The van der Waals surface area contributed by atoms with Gasteiger partial charge in [0.2, 0.25) is 0 Å². The molecule has 0 aliphatic carbocycles. The first kappa shape index (κ1) is 11.4. The summed E-state index contributed by atoms with van der Waals surface area (Å²) in [6.45, 7) is 5.23. The smallest absolute Gasteiger partial charge is 0.0534 e. The highest BCUT2D eigenvalue weighted by molar-refractivity contribution is 7.10. The molecule has 0 saturated carbocycles. The molecule has 0 amide bonds. The molecule has 0 bridgehead atoms. The molecule has 0 spiro atoms. The van der Waals surface area contributed by atoms with Gasteiger partial charge < -0.3 is 5.32 Å². The van der Waals surface area contributed by atoms with Crippen LogP contribution in [0.5, 0.6) is 0 Å². The van der Waals surface area contributed by atoms with Gasteiger partial charge >= 0.3 is 0 Å². The van der Waals surface area contributed by atoms with Crippen molar-refractivity contribution < 1.29 is 0 Å². The van der Waals surface area contributed by atoms with Crippen molar-refractivity contribution in [1.29, 1.82) is 0 Å². The molecule has 2 aromatic rings. The summed E-state index contributed by atoms with van der Waals surface area (Å²) >= 11 is 1.81. The molecule has 0 saturated heterocycles. The van der Waals surface area contributed by atoms with Crippen molar-refractivity contribution in [2.45, 2.75) is 26.4 Å². The fraction of sp³-hybridized carbons (Fsp3) is 0.417. The number of hydrogen-bond acceptors (Lipinski definition) is 3. The molecule has 2 heterocycles. The second-order valence-corrected chi connectivity index (χ2v) is 5.04. The summed E-state index contributed by atoms with van der Waals surface area (Å²) in [5.41, 5.74) is 2.60. The van der Waals surface area contributed by atoms with Crippen LogP contribution in [-0.2, 0) is 13.6 Å². The maximum Gasteiger partial charge on any atom is 0.0534 e. The molecule has 0 fully saturated rings. The minimum absolute atomic E-state index is 0.403. The Bertz CT molecular complexity index is 458. The molecule has 1 N–H and O–H groups in total. The van der Waals surface area contributed by atoms with Crippen molar-refractivity contribution in [1.82, 2.24) is 15.1 Å². The van der Waals surface area contributed by atoms with Gasteiger partial charge in [-0.15, -0.1) is 11.3 Å². The number of thiophene rings is 1. The zero-order valence-corrected chi connectivity index (χ0v) is 10.7. The largest absolute Gasteiger partial charge is 0.305 e. The quantitative estimate of drug-likeness (QED) is 0.883. The highest BCUT2D eigenvalue weighted by Crippen LogP contribution is 2.23. The maximum absolute atomic E-state index is 4.15. The highest BCUT2D eigenvalue weighted by atomic mass is 32.1. The van der Waals surface area contributed by atoms with E-state index in [1.165, 1.54) is 16.0 Å². The molecule has 2 rings (SSSR count). The maximum atomic E-state index is 4.15. The molecular weight excluding hydrogens is 218 g/mol. The Morgan fingerprint density at radius 2 is 2.38 bits per heavy atom. The van der Waals surface area contributed by atoms with Crippen LogP contribution < -0.4 is 5.32 Å². The first-order chi connectivity index (χ1) is 7.66. The van der Waals surface area contributed by atoms with E-state index in [1.807, 2.05) is 35.5 Å². The SMILES string of the molecule is Cc1ccsc1C(C)NCc1cnn(C)c1. The molecule has 1 unspecified atom stereocenters. The number of hydrogen-bond donors (Lipinski definition) is 1. The van der Waals surface area contributed by atoms with E-state index in [9.17, 15) is 0 Å². The number of aromatic nitrogens is 2. The number of rotatable bonds is 4. The number of aryl methyl sites for hydroxylation is 2. The van der Waals surface area contributed by atoms with Crippen LogP contribution in [0.25, 0.3) is 0 Å². The minimum atomic E-state index is 0.403. The van der Waals surface area contributed by atoms with E-state index in [1.54, 1.807) is 0 Å². The van der Waals surface area contributed by atoms with Crippen molar-refractivity contribution in [2.24, 2.45) is 7.05 Å². The lowest BCUT2D eigenvalue weighted by Gasteiger charge is -2.12. The molecule has 3 nitrogen and oxygen atoms in total. The third-order valence-electron chi connectivity index (χ3n) is 2.67.